The van der Waals surface area contributed by atoms with Gasteiger partial charge in [-0.05, 0) is 68.4 Å². The normalized spacial score (nSPS) is 16.6. The van der Waals surface area contributed by atoms with Crippen molar-refractivity contribution in [2.45, 2.75) is 84.3 Å². The summed E-state index contributed by atoms with van der Waals surface area (Å²) in [6.07, 6.45) is 7.09. The number of nitrogens with zero attached hydrogens (tertiary/aromatic N) is 6. The number of terminal acetylenes is 1. The minimum atomic E-state index is -3.10. The molecule has 386 valence electrons. The summed E-state index contributed by atoms with van der Waals surface area (Å²) in [6.45, 7) is 15.4. The number of hydrogen-bond acceptors (Lipinski definition) is 12. The third kappa shape index (κ3) is 16.2. The topological polar surface area (TPSA) is 219 Å². The Hall–Kier alpha value is -5.03. The molecule has 71 heavy (non-hydrogen) atoms. The van der Waals surface area contributed by atoms with Crippen molar-refractivity contribution in [3.05, 3.63) is 82.2 Å². The number of aromatic nitrogens is 2. The second kappa shape index (κ2) is 26.6. The summed E-state index contributed by atoms with van der Waals surface area (Å²) < 4.78 is 47.9. The van der Waals surface area contributed by atoms with E-state index in [-0.39, 0.29) is 73.2 Å². The average Bonchev–Trinajstić information content (AvgIpc) is 3.84. The molecule has 7 rings (SSSR count). The standard InChI is InChI=1S/C18H17FN4O2S.C14H20ClNO2.C11H11Cl2NO2.C5H12NO4P/c1-4-5-22-13-7-12(11(19)6-14(13)25-9-16(22)24)20-17-23-10-18(2,3)8-15(23)21-26-17;1-4-12-8-6-7-11(3)14(12)16(10-18-5-2)13(17)9-15;1-7-6-16-9-5-3-2-4-8(9)14(7)11(15)10(12)13;1-11(9,10)3-2-4(6)5(7)8/h1,6-7H,5,8-10H2,2-3H3;6-8H,4-5,9-10H2,1-3H3;2-5,7,10H,6H2,1H3;4H,2-3,6H2,1H3,(H,7,8)(H,9,10). The summed E-state index contributed by atoms with van der Waals surface area (Å²) in [7, 11) is -3.10. The Morgan fingerprint density at radius 1 is 1.14 bits per heavy atom. The number of aliphatic carboxylic acids is 1. The molecule has 0 spiro atoms. The number of aryl methyl sites for hydroxylation is 2. The maximum Gasteiger partial charge on any atom is 0.320 e. The molecule has 1 aromatic heterocycles. The fourth-order valence-corrected chi connectivity index (χ4v) is 9.27. The Balaban J connectivity index is 0.000000216. The molecular weight excluding hydrogens is 1020 g/mol. The Kier molecular flexibility index (Phi) is 21.9. The Bertz CT molecular complexity index is 2690. The maximum absolute atomic E-state index is 14.5. The largest absolute Gasteiger partial charge is 0.489 e. The van der Waals surface area contributed by atoms with Gasteiger partial charge in [0.05, 0.1) is 29.6 Å². The smallest absolute Gasteiger partial charge is 0.320 e. The molecule has 23 heteroatoms. The first-order chi connectivity index (χ1) is 33.5. The molecule has 3 aliphatic rings. The molecule has 3 unspecified atom stereocenters. The molecular formula is C48H60Cl3FN7O10PS. The van der Waals surface area contributed by atoms with Gasteiger partial charge < -0.3 is 39.4 Å². The van der Waals surface area contributed by atoms with Crippen LogP contribution in [-0.4, -0.2) is 111 Å². The molecule has 3 aliphatic heterocycles. The highest BCUT2D eigenvalue weighted by molar-refractivity contribution is 7.57. The number of alkyl halides is 3. The summed E-state index contributed by atoms with van der Waals surface area (Å²) in [4.78, 5) is 63.4. The number of carbonyl (C=O) groups is 4. The van der Waals surface area contributed by atoms with E-state index in [1.165, 1.54) is 35.2 Å². The van der Waals surface area contributed by atoms with E-state index in [1.54, 1.807) is 9.80 Å². The van der Waals surface area contributed by atoms with Crippen molar-refractivity contribution in [2.24, 2.45) is 16.1 Å². The molecule has 3 amide bonds. The van der Waals surface area contributed by atoms with E-state index in [0.29, 0.717) is 35.2 Å². The Morgan fingerprint density at radius 3 is 2.46 bits per heavy atom. The van der Waals surface area contributed by atoms with Crippen LogP contribution in [0.25, 0.3) is 0 Å². The molecule has 0 fully saturated rings. The van der Waals surface area contributed by atoms with Crippen LogP contribution in [0.5, 0.6) is 11.5 Å². The van der Waals surface area contributed by atoms with Crippen molar-refractivity contribution in [1.82, 2.24) is 8.94 Å². The van der Waals surface area contributed by atoms with Gasteiger partial charge >= 0.3 is 5.97 Å². The number of amides is 3. The first-order valence-corrected chi connectivity index (χ1v) is 26.9. The molecule has 4 aromatic rings. The van der Waals surface area contributed by atoms with E-state index in [0.717, 1.165) is 47.7 Å². The van der Waals surface area contributed by atoms with Gasteiger partial charge in [0.15, 0.2) is 24.6 Å². The monoisotopic (exact) mass is 1080 g/mol. The first-order valence-electron chi connectivity index (χ1n) is 22.4. The average molecular weight is 1080 g/mol. The first kappa shape index (κ1) is 58.5. The van der Waals surface area contributed by atoms with Gasteiger partial charge in [-0.25, -0.2) is 9.38 Å². The van der Waals surface area contributed by atoms with Gasteiger partial charge in [0.2, 0.25) is 10.7 Å². The Labute approximate surface area is 432 Å². The highest BCUT2D eigenvalue weighted by Gasteiger charge is 2.33. The molecule has 3 aromatic carbocycles. The summed E-state index contributed by atoms with van der Waals surface area (Å²) >= 11 is 18.2. The summed E-state index contributed by atoms with van der Waals surface area (Å²) in [5.41, 5.74) is 9.61. The minimum absolute atomic E-state index is 0.0371. The maximum atomic E-state index is 14.5. The molecule has 17 nitrogen and oxygen atoms in total. The van der Waals surface area contributed by atoms with Crippen LogP contribution in [0.2, 0.25) is 0 Å². The van der Waals surface area contributed by atoms with Crippen molar-refractivity contribution in [1.29, 1.82) is 0 Å². The zero-order valence-corrected chi connectivity index (χ0v) is 44.6. The lowest BCUT2D eigenvalue weighted by Crippen LogP contribution is -2.47. The fourth-order valence-electron chi connectivity index (χ4n) is 7.40. The van der Waals surface area contributed by atoms with Gasteiger partial charge in [0.1, 0.15) is 48.3 Å². The van der Waals surface area contributed by atoms with Gasteiger partial charge in [-0.2, -0.15) is 4.37 Å². The molecule has 3 atom stereocenters. The number of hydrogen-bond donors (Lipinski definition) is 3. The van der Waals surface area contributed by atoms with E-state index in [2.05, 4.69) is 36.1 Å². The van der Waals surface area contributed by atoms with Gasteiger partial charge in [0.25, 0.3) is 11.8 Å². The second-order valence-electron chi connectivity index (χ2n) is 17.3. The fraction of sp³-hybridized carbons (Fsp3) is 0.458. The van der Waals surface area contributed by atoms with Crippen molar-refractivity contribution in [3.8, 4) is 23.8 Å². The van der Waals surface area contributed by atoms with Gasteiger partial charge in [-0.15, -0.1) is 18.0 Å². The van der Waals surface area contributed by atoms with Crippen LogP contribution in [0.1, 0.15) is 58.0 Å². The molecule has 0 saturated carbocycles. The quantitative estimate of drug-likeness (QED) is 0.0509. The summed E-state index contributed by atoms with van der Waals surface area (Å²) in [5, 5.41) is 8.28. The van der Waals surface area contributed by atoms with Crippen LogP contribution >= 0.6 is 53.7 Å². The zero-order chi connectivity index (χ0) is 52.8. The van der Waals surface area contributed by atoms with Crippen LogP contribution in [0.4, 0.5) is 27.1 Å². The van der Waals surface area contributed by atoms with Gasteiger partial charge in [-0.3, -0.25) is 33.5 Å². The van der Waals surface area contributed by atoms with E-state index < -0.39 is 30.0 Å². The van der Waals surface area contributed by atoms with Crippen molar-refractivity contribution in [3.63, 3.8) is 0 Å². The lowest BCUT2D eigenvalue weighted by atomic mass is 9.92. The number of rotatable bonds is 13. The van der Waals surface area contributed by atoms with Crippen LogP contribution in [0, 0.1) is 30.5 Å². The van der Waals surface area contributed by atoms with Crippen molar-refractivity contribution in [2.75, 3.05) is 66.5 Å². The van der Waals surface area contributed by atoms with E-state index >= 15 is 0 Å². The Morgan fingerprint density at radius 2 is 1.85 bits per heavy atom. The number of anilines is 3. The number of carboxylic acids is 1. The van der Waals surface area contributed by atoms with E-state index in [9.17, 15) is 28.1 Å². The zero-order valence-electron chi connectivity index (χ0n) is 40.6. The molecule has 0 aliphatic carbocycles. The van der Waals surface area contributed by atoms with Crippen LogP contribution in [0.15, 0.2) is 59.6 Å². The summed E-state index contributed by atoms with van der Waals surface area (Å²) in [6, 6.07) is 15.0. The third-order valence-corrected chi connectivity index (χ3v) is 13.4. The van der Waals surface area contributed by atoms with Crippen LogP contribution < -0.4 is 34.7 Å². The van der Waals surface area contributed by atoms with Crippen LogP contribution in [0.3, 0.4) is 0 Å². The molecule has 4 N–H and O–H groups in total. The van der Waals surface area contributed by atoms with Gasteiger partial charge in [-0.1, -0.05) is 80.2 Å². The highest BCUT2D eigenvalue weighted by Crippen LogP contribution is 2.39. The highest BCUT2D eigenvalue weighted by atomic mass is 35.5. The molecule has 0 radical (unpaired) electrons. The predicted molar refractivity (Wildman–Crippen MR) is 276 cm³/mol. The number of fused-ring (bicyclic) bond motifs is 3. The minimum Gasteiger partial charge on any atom is -0.489 e. The van der Waals surface area contributed by atoms with Crippen molar-refractivity contribution < 1.29 is 52.3 Å². The number of para-hydroxylation sites is 3. The number of carboxylic acid groups (broad SMARTS) is 1. The summed E-state index contributed by atoms with van der Waals surface area (Å²) in [5.74, 6) is 1.98. The van der Waals surface area contributed by atoms with Gasteiger partial charge in [0, 0.05) is 50.0 Å². The number of ether oxygens (including phenoxy) is 3. The molecule has 0 bridgehead atoms. The van der Waals surface area contributed by atoms with Crippen LogP contribution in [-0.2, 0) is 47.9 Å². The second-order valence-corrected chi connectivity index (χ2v) is 22.0. The van der Waals surface area contributed by atoms with E-state index in [4.69, 9.17) is 71.2 Å². The number of nitrogens with two attached hydrogens (primary N) is 1. The number of benzene rings is 3. The molecule has 4 heterocycles. The molecule has 0 saturated heterocycles. The number of halogens is 4. The SMILES string of the molecule is C#CCN1C(=O)COc2cc(F)c(N=c3snc4n3CC(C)(C)C4)cc21.CC1COc2ccccc2N1C(=O)C(Cl)Cl.CCOCN(C(=O)CCl)c1c(C)cccc1CC.CP(=O)(O)CCC(N)C(=O)O. The lowest BCUT2D eigenvalue weighted by molar-refractivity contribution is -0.138. The third-order valence-electron chi connectivity index (χ3n) is 10.9. The predicted octanol–water partition coefficient (Wildman–Crippen LogP) is 7.67. The lowest BCUT2D eigenvalue weighted by Gasteiger charge is -2.35. The van der Waals surface area contributed by atoms with E-state index in [1.807, 2.05) is 67.8 Å². The number of carbonyl (C=O) groups excluding carboxylic acids is 3. The van der Waals surface area contributed by atoms with Crippen molar-refractivity contribution >= 4 is 100 Å².